The average Bonchev–Trinajstić information content (AvgIpc) is 2.29. The van der Waals surface area contributed by atoms with Crippen molar-refractivity contribution in [3.8, 4) is 0 Å². The summed E-state index contributed by atoms with van der Waals surface area (Å²) in [5.41, 5.74) is 0. The minimum absolute atomic E-state index is 0.776. The molecule has 96 valence electrons. The second kappa shape index (κ2) is 7.57. The zero-order chi connectivity index (χ0) is 12.0. The summed E-state index contributed by atoms with van der Waals surface area (Å²) >= 11 is 4.47. The first-order valence-corrected chi connectivity index (χ1v) is 7.30. The molecule has 16 heavy (non-hydrogen) atoms. The van der Waals surface area contributed by atoms with Crippen molar-refractivity contribution in [1.82, 2.24) is 9.80 Å². The van der Waals surface area contributed by atoms with Crippen LogP contribution in [-0.2, 0) is 0 Å². The van der Waals surface area contributed by atoms with Crippen molar-refractivity contribution in [2.75, 3.05) is 39.5 Å². The Morgan fingerprint density at radius 3 is 2.50 bits per heavy atom. The molecule has 3 heteroatoms. The number of likely N-dealkylation sites (tertiary alicyclic amines) is 1. The monoisotopic (exact) mass is 244 g/mol. The van der Waals surface area contributed by atoms with Gasteiger partial charge in [-0.3, -0.25) is 0 Å². The minimum atomic E-state index is 0.776. The van der Waals surface area contributed by atoms with E-state index in [4.69, 9.17) is 0 Å². The Bertz CT molecular complexity index is 179. The van der Waals surface area contributed by atoms with Crippen LogP contribution in [0.5, 0.6) is 0 Å². The fraction of sp³-hybridized carbons (Fsp3) is 1.00. The highest BCUT2D eigenvalue weighted by Crippen LogP contribution is 2.17. The quantitative estimate of drug-likeness (QED) is 0.717. The maximum atomic E-state index is 4.47. The molecule has 0 aromatic carbocycles. The normalized spacial score (nSPS) is 21.6. The SMILES string of the molecule is CCCC(CS)CN(C)C1CCN(C)CC1. The zero-order valence-corrected chi connectivity index (χ0v) is 12.0. The third kappa shape index (κ3) is 4.64. The van der Waals surface area contributed by atoms with Gasteiger partial charge in [0.05, 0.1) is 0 Å². The molecule has 1 heterocycles. The Hall–Kier alpha value is 0.270. The Balaban J connectivity index is 2.30. The van der Waals surface area contributed by atoms with E-state index >= 15 is 0 Å². The standard InChI is InChI=1S/C13H28N2S/c1-4-5-12(11-16)10-15(3)13-6-8-14(2)9-7-13/h12-13,16H,4-11H2,1-3H3. The molecule has 1 aliphatic rings. The highest BCUT2D eigenvalue weighted by atomic mass is 32.1. The highest BCUT2D eigenvalue weighted by molar-refractivity contribution is 7.80. The van der Waals surface area contributed by atoms with E-state index in [0.29, 0.717) is 0 Å². The van der Waals surface area contributed by atoms with Crippen LogP contribution in [0.15, 0.2) is 0 Å². The van der Waals surface area contributed by atoms with Crippen molar-refractivity contribution < 1.29 is 0 Å². The third-order valence-electron chi connectivity index (χ3n) is 3.81. The van der Waals surface area contributed by atoms with Gasteiger partial charge in [0.15, 0.2) is 0 Å². The van der Waals surface area contributed by atoms with E-state index < -0.39 is 0 Å². The number of hydrogen-bond acceptors (Lipinski definition) is 3. The van der Waals surface area contributed by atoms with Gasteiger partial charge in [-0.2, -0.15) is 12.6 Å². The molecular weight excluding hydrogens is 216 g/mol. The van der Waals surface area contributed by atoms with E-state index in [1.165, 1.54) is 45.3 Å². The Kier molecular flexibility index (Phi) is 6.78. The van der Waals surface area contributed by atoms with Crippen molar-refractivity contribution in [3.63, 3.8) is 0 Å². The lowest BCUT2D eigenvalue weighted by atomic mass is 10.0. The summed E-state index contributed by atoms with van der Waals surface area (Å²) in [5, 5.41) is 0. The van der Waals surface area contributed by atoms with Crippen molar-refractivity contribution in [2.45, 2.75) is 38.6 Å². The van der Waals surface area contributed by atoms with Crippen LogP contribution >= 0.6 is 12.6 Å². The van der Waals surface area contributed by atoms with Gasteiger partial charge in [0.25, 0.3) is 0 Å². The largest absolute Gasteiger partial charge is 0.306 e. The van der Waals surface area contributed by atoms with Crippen LogP contribution in [0.1, 0.15) is 32.6 Å². The fourth-order valence-corrected chi connectivity index (χ4v) is 2.94. The summed E-state index contributed by atoms with van der Waals surface area (Å²) in [6.45, 7) is 6.01. The van der Waals surface area contributed by atoms with Crippen molar-refractivity contribution in [3.05, 3.63) is 0 Å². The van der Waals surface area contributed by atoms with Gasteiger partial charge in [-0.1, -0.05) is 13.3 Å². The van der Waals surface area contributed by atoms with Crippen LogP contribution in [-0.4, -0.2) is 55.3 Å². The number of piperidine rings is 1. The highest BCUT2D eigenvalue weighted by Gasteiger charge is 2.21. The second-order valence-electron chi connectivity index (χ2n) is 5.31. The molecule has 1 aliphatic heterocycles. The summed E-state index contributed by atoms with van der Waals surface area (Å²) in [4.78, 5) is 5.01. The van der Waals surface area contributed by atoms with Crippen LogP contribution in [0.25, 0.3) is 0 Å². The van der Waals surface area contributed by atoms with Gasteiger partial charge in [0.2, 0.25) is 0 Å². The molecule has 1 rings (SSSR count). The molecule has 1 atom stereocenters. The van der Waals surface area contributed by atoms with E-state index in [0.717, 1.165) is 17.7 Å². The molecular formula is C13H28N2S. The van der Waals surface area contributed by atoms with Crippen LogP contribution in [0.4, 0.5) is 0 Å². The lowest BCUT2D eigenvalue weighted by Crippen LogP contribution is -2.43. The molecule has 0 N–H and O–H groups in total. The lowest BCUT2D eigenvalue weighted by molar-refractivity contribution is 0.130. The van der Waals surface area contributed by atoms with Crippen LogP contribution in [0, 0.1) is 5.92 Å². The smallest absolute Gasteiger partial charge is 0.0117 e. The van der Waals surface area contributed by atoms with Gasteiger partial charge in [-0.15, -0.1) is 0 Å². The van der Waals surface area contributed by atoms with E-state index in [2.05, 4.69) is 43.4 Å². The van der Waals surface area contributed by atoms with Crippen molar-refractivity contribution >= 4 is 12.6 Å². The van der Waals surface area contributed by atoms with E-state index in [-0.39, 0.29) is 0 Å². The summed E-state index contributed by atoms with van der Waals surface area (Å²) in [6, 6.07) is 0.801. The van der Waals surface area contributed by atoms with Gasteiger partial charge >= 0.3 is 0 Å². The lowest BCUT2D eigenvalue weighted by Gasteiger charge is -2.36. The molecule has 1 fully saturated rings. The first-order valence-electron chi connectivity index (χ1n) is 6.67. The predicted octanol–water partition coefficient (Wildman–Crippen LogP) is 2.36. The first-order chi connectivity index (χ1) is 7.67. The van der Waals surface area contributed by atoms with Crippen LogP contribution in [0.2, 0.25) is 0 Å². The summed E-state index contributed by atoms with van der Waals surface area (Å²) in [7, 11) is 4.52. The van der Waals surface area contributed by atoms with Crippen molar-refractivity contribution in [2.24, 2.45) is 5.92 Å². The molecule has 0 bridgehead atoms. The topological polar surface area (TPSA) is 6.48 Å². The predicted molar refractivity (Wildman–Crippen MR) is 75.4 cm³/mol. The van der Waals surface area contributed by atoms with Gasteiger partial charge in [-0.25, -0.2) is 0 Å². The number of hydrogen-bond donors (Lipinski definition) is 1. The van der Waals surface area contributed by atoms with Crippen LogP contribution < -0.4 is 0 Å². The number of thiol groups is 1. The maximum Gasteiger partial charge on any atom is 0.0117 e. The van der Waals surface area contributed by atoms with Gasteiger partial charge in [0, 0.05) is 12.6 Å². The van der Waals surface area contributed by atoms with Gasteiger partial charge < -0.3 is 9.80 Å². The first kappa shape index (κ1) is 14.3. The second-order valence-corrected chi connectivity index (χ2v) is 5.68. The van der Waals surface area contributed by atoms with E-state index in [9.17, 15) is 0 Å². The molecule has 0 amide bonds. The number of nitrogens with zero attached hydrogens (tertiary/aromatic N) is 2. The Morgan fingerprint density at radius 2 is 2.00 bits per heavy atom. The van der Waals surface area contributed by atoms with Gasteiger partial charge in [-0.05, 0) is 58.1 Å². The van der Waals surface area contributed by atoms with Crippen LogP contribution in [0.3, 0.4) is 0 Å². The Morgan fingerprint density at radius 1 is 1.38 bits per heavy atom. The molecule has 0 aromatic rings. The molecule has 2 nitrogen and oxygen atoms in total. The Labute approximate surface area is 107 Å². The summed E-state index contributed by atoms with van der Waals surface area (Å²) in [6.07, 6.45) is 5.27. The molecule has 0 aliphatic carbocycles. The minimum Gasteiger partial charge on any atom is -0.306 e. The van der Waals surface area contributed by atoms with E-state index in [1.54, 1.807) is 0 Å². The molecule has 0 spiro atoms. The molecule has 0 radical (unpaired) electrons. The molecule has 1 saturated heterocycles. The third-order valence-corrected chi connectivity index (χ3v) is 4.33. The van der Waals surface area contributed by atoms with Gasteiger partial charge in [0.1, 0.15) is 0 Å². The maximum absolute atomic E-state index is 4.47. The zero-order valence-electron chi connectivity index (χ0n) is 11.2. The molecule has 0 saturated carbocycles. The van der Waals surface area contributed by atoms with E-state index in [1.807, 2.05) is 0 Å². The summed E-state index contributed by atoms with van der Waals surface area (Å²) < 4.78 is 0. The summed E-state index contributed by atoms with van der Waals surface area (Å²) in [5.74, 6) is 1.81. The van der Waals surface area contributed by atoms with Crippen molar-refractivity contribution in [1.29, 1.82) is 0 Å². The fourth-order valence-electron chi connectivity index (χ4n) is 2.64. The number of rotatable bonds is 6. The molecule has 0 aromatic heterocycles. The average molecular weight is 244 g/mol. The molecule has 1 unspecified atom stereocenters.